The summed E-state index contributed by atoms with van der Waals surface area (Å²) in [7, 11) is 0. The van der Waals surface area contributed by atoms with Crippen molar-refractivity contribution in [3.63, 3.8) is 0 Å². The van der Waals surface area contributed by atoms with Crippen molar-refractivity contribution in [2.45, 2.75) is 19.9 Å². The third-order valence-electron chi connectivity index (χ3n) is 2.56. The van der Waals surface area contributed by atoms with Gasteiger partial charge in [0.25, 0.3) is 5.24 Å². The first-order valence-corrected chi connectivity index (χ1v) is 5.89. The van der Waals surface area contributed by atoms with E-state index in [0.29, 0.717) is 0 Å². The molecule has 90 valence electrons. The summed E-state index contributed by atoms with van der Waals surface area (Å²) in [4.78, 5) is 11.0. The van der Waals surface area contributed by atoms with Gasteiger partial charge in [0.05, 0.1) is 6.04 Å². The molecular weight excluding hydrogens is 230 g/mol. The van der Waals surface area contributed by atoms with Crippen molar-refractivity contribution in [3.05, 3.63) is 53.6 Å². The summed E-state index contributed by atoms with van der Waals surface area (Å²) in [5, 5.41) is 2.45. The number of nitrogens with one attached hydrogen (secondary N) is 1. The van der Waals surface area contributed by atoms with Crippen molar-refractivity contribution in [1.29, 1.82) is 0 Å². The van der Waals surface area contributed by atoms with E-state index in [0.717, 1.165) is 11.1 Å². The molecule has 3 heteroatoms. The average Bonchev–Trinajstić information content (AvgIpc) is 2.26. The van der Waals surface area contributed by atoms with E-state index in [-0.39, 0.29) is 11.3 Å². The van der Waals surface area contributed by atoms with Gasteiger partial charge in [-0.1, -0.05) is 55.6 Å². The van der Waals surface area contributed by atoms with Gasteiger partial charge in [-0.25, -0.2) is 0 Å². The van der Waals surface area contributed by atoms with Crippen LogP contribution < -0.4 is 5.32 Å². The van der Waals surface area contributed by atoms with Crippen LogP contribution in [-0.2, 0) is 0 Å². The minimum atomic E-state index is -0.322. The number of hydrogen-bond donors (Lipinski definition) is 2. The van der Waals surface area contributed by atoms with Crippen molar-refractivity contribution in [1.82, 2.24) is 5.32 Å². The van der Waals surface area contributed by atoms with Gasteiger partial charge in [-0.15, -0.1) is 0 Å². The van der Waals surface area contributed by atoms with Crippen LogP contribution in [0.4, 0.5) is 4.79 Å². The molecule has 0 aromatic heterocycles. The standard InChI is InChI=1S/C14H17NOS/c1-4-5-8-12-10(2)7-6-9-13(12)11(3)15-14(16)17/h4-9,11H,1H2,2-3H3,(H2,15,16,17)/b8-5-. The first-order valence-electron chi connectivity index (χ1n) is 5.44. The fraction of sp³-hybridized carbons (Fsp3) is 0.214. The highest BCUT2D eigenvalue weighted by Crippen LogP contribution is 2.22. The number of benzene rings is 1. The summed E-state index contributed by atoms with van der Waals surface area (Å²) in [5.74, 6) is 0. The molecule has 17 heavy (non-hydrogen) atoms. The summed E-state index contributed by atoms with van der Waals surface area (Å²) in [6.45, 7) is 7.64. The molecule has 0 heterocycles. The van der Waals surface area contributed by atoms with E-state index >= 15 is 0 Å². The van der Waals surface area contributed by atoms with Crippen LogP contribution in [0.3, 0.4) is 0 Å². The molecule has 0 aliphatic heterocycles. The van der Waals surface area contributed by atoms with Crippen LogP contribution in [0.5, 0.6) is 0 Å². The Labute approximate surface area is 108 Å². The van der Waals surface area contributed by atoms with Crippen LogP contribution in [0.25, 0.3) is 6.08 Å². The molecule has 1 atom stereocenters. The van der Waals surface area contributed by atoms with E-state index < -0.39 is 0 Å². The Morgan fingerprint density at radius 1 is 1.53 bits per heavy atom. The highest BCUT2D eigenvalue weighted by Gasteiger charge is 2.11. The van der Waals surface area contributed by atoms with Crippen molar-refractivity contribution in [3.8, 4) is 0 Å². The first kappa shape index (κ1) is 13.6. The lowest BCUT2D eigenvalue weighted by molar-refractivity contribution is 0.258. The number of thiol groups is 1. The molecule has 0 aliphatic carbocycles. The van der Waals surface area contributed by atoms with Crippen molar-refractivity contribution < 1.29 is 4.79 Å². The summed E-state index contributed by atoms with van der Waals surface area (Å²) >= 11 is 3.73. The maximum Gasteiger partial charge on any atom is 0.276 e. The predicted molar refractivity (Wildman–Crippen MR) is 76.3 cm³/mol. The second-order valence-corrected chi connectivity index (χ2v) is 4.25. The van der Waals surface area contributed by atoms with Gasteiger partial charge in [0.15, 0.2) is 0 Å². The molecule has 0 saturated carbocycles. The van der Waals surface area contributed by atoms with Crippen LogP contribution >= 0.6 is 12.6 Å². The summed E-state index contributed by atoms with van der Waals surface area (Å²) in [6, 6.07) is 5.97. The molecule has 0 saturated heterocycles. The Kier molecular flexibility index (Phi) is 5.04. The van der Waals surface area contributed by atoms with Gasteiger partial charge in [-0.3, -0.25) is 4.79 Å². The molecule has 1 unspecified atom stereocenters. The summed E-state index contributed by atoms with van der Waals surface area (Å²) in [6.07, 6.45) is 5.62. The van der Waals surface area contributed by atoms with E-state index in [1.807, 2.05) is 44.2 Å². The van der Waals surface area contributed by atoms with Crippen LogP contribution in [0, 0.1) is 6.92 Å². The van der Waals surface area contributed by atoms with Gasteiger partial charge in [-0.05, 0) is 30.5 Å². The van der Waals surface area contributed by atoms with Crippen LogP contribution in [0.1, 0.15) is 29.7 Å². The molecule has 1 amide bonds. The Balaban J connectivity index is 3.13. The Hall–Kier alpha value is -1.48. The molecule has 0 bridgehead atoms. The fourth-order valence-electron chi connectivity index (χ4n) is 1.74. The monoisotopic (exact) mass is 247 g/mol. The van der Waals surface area contributed by atoms with Crippen molar-refractivity contribution in [2.24, 2.45) is 0 Å². The lowest BCUT2D eigenvalue weighted by Gasteiger charge is -2.16. The third kappa shape index (κ3) is 3.79. The average molecular weight is 247 g/mol. The quantitative estimate of drug-likeness (QED) is 0.613. The van der Waals surface area contributed by atoms with E-state index in [2.05, 4.69) is 24.5 Å². The lowest BCUT2D eigenvalue weighted by atomic mass is 9.97. The zero-order valence-electron chi connectivity index (χ0n) is 10.1. The highest BCUT2D eigenvalue weighted by molar-refractivity contribution is 7.96. The van der Waals surface area contributed by atoms with Crippen molar-refractivity contribution >= 4 is 23.9 Å². The van der Waals surface area contributed by atoms with Gasteiger partial charge in [0.1, 0.15) is 0 Å². The molecule has 0 fully saturated rings. The number of allylic oxidation sites excluding steroid dienone is 2. The molecule has 0 aliphatic rings. The van der Waals surface area contributed by atoms with E-state index in [4.69, 9.17) is 0 Å². The summed E-state index contributed by atoms with van der Waals surface area (Å²) < 4.78 is 0. The van der Waals surface area contributed by atoms with E-state index in [9.17, 15) is 4.79 Å². The van der Waals surface area contributed by atoms with Gasteiger partial charge in [-0.2, -0.15) is 0 Å². The predicted octanol–water partition coefficient (Wildman–Crippen LogP) is 3.89. The first-order chi connectivity index (χ1) is 8.06. The number of aryl methyl sites for hydroxylation is 1. The van der Waals surface area contributed by atoms with E-state index in [1.165, 1.54) is 5.56 Å². The molecule has 1 N–H and O–H groups in total. The van der Waals surface area contributed by atoms with Crippen LogP contribution in [0.2, 0.25) is 0 Å². The lowest BCUT2D eigenvalue weighted by Crippen LogP contribution is -2.21. The largest absolute Gasteiger partial charge is 0.341 e. The Morgan fingerprint density at radius 3 is 2.82 bits per heavy atom. The van der Waals surface area contributed by atoms with Gasteiger partial charge in [0.2, 0.25) is 0 Å². The van der Waals surface area contributed by atoms with E-state index in [1.54, 1.807) is 6.08 Å². The number of rotatable bonds is 4. The van der Waals surface area contributed by atoms with Crippen molar-refractivity contribution in [2.75, 3.05) is 0 Å². The topological polar surface area (TPSA) is 29.1 Å². The second-order valence-electron chi connectivity index (χ2n) is 3.84. The normalized spacial score (nSPS) is 12.4. The zero-order valence-corrected chi connectivity index (χ0v) is 11.0. The fourth-order valence-corrected chi connectivity index (χ4v) is 1.93. The minimum absolute atomic E-state index is 0.0654. The van der Waals surface area contributed by atoms with Gasteiger partial charge in [0, 0.05) is 0 Å². The second kappa shape index (κ2) is 6.30. The molecule has 1 rings (SSSR count). The molecule has 1 aromatic rings. The summed E-state index contributed by atoms with van der Waals surface area (Å²) in [5.41, 5.74) is 3.35. The third-order valence-corrected chi connectivity index (χ3v) is 2.69. The SMILES string of the molecule is C=C/C=C\c1c(C)cccc1C(C)NC(=O)S. The molecule has 2 nitrogen and oxygen atoms in total. The van der Waals surface area contributed by atoms with Crippen LogP contribution in [0.15, 0.2) is 36.9 Å². The molecule has 0 radical (unpaired) electrons. The maximum atomic E-state index is 11.0. The smallest absolute Gasteiger partial charge is 0.276 e. The number of carbonyl (C=O) groups excluding carboxylic acids is 1. The molecule has 1 aromatic carbocycles. The Morgan fingerprint density at radius 2 is 2.24 bits per heavy atom. The maximum absolute atomic E-state index is 11.0. The molecule has 0 spiro atoms. The number of hydrogen-bond acceptors (Lipinski definition) is 1. The van der Waals surface area contributed by atoms with Gasteiger partial charge < -0.3 is 5.32 Å². The highest BCUT2D eigenvalue weighted by atomic mass is 32.1. The van der Waals surface area contributed by atoms with Gasteiger partial charge >= 0.3 is 0 Å². The van der Waals surface area contributed by atoms with Crippen LogP contribution in [-0.4, -0.2) is 5.24 Å². The molecular formula is C14H17NOS. The Bertz CT molecular complexity index is 452. The number of amides is 1. The zero-order chi connectivity index (χ0) is 12.8. The minimum Gasteiger partial charge on any atom is -0.341 e. The number of carbonyl (C=O) groups is 1.